The number of rotatable bonds is 9. The van der Waals surface area contributed by atoms with Crippen molar-refractivity contribution in [1.82, 2.24) is 34.8 Å². The molecule has 1 amide bonds. The van der Waals surface area contributed by atoms with Crippen molar-refractivity contribution < 1.29 is 14.1 Å². The lowest BCUT2D eigenvalue weighted by Crippen LogP contribution is -2.27. The molecule has 1 atom stereocenters. The van der Waals surface area contributed by atoms with Crippen LogP contribution in [0.25, 0.3) is 22.7 Å². The molecular formula is C33H31N7O4. The largest absolute Gasteiger partial charge is 0.457 e. The van der Waals surface area contributed by atoms with Gasteiger partial charge < -0.3 is 18.7 Å². The fraction of sp³-hybridized carbons (Fsp3) is 0.303. The molecule has 4 heterocycles. The fourth-order valence-electron chi connectivity index (χ4n) is 5.39. The van der Waals surface area contributed by atoms with Crippen molar-refractivity contribution in [2.45, 2.75) is 57.5 Å². The van der Waals surface area contributed by atoms with Gasteiger partial charge in [0.05, 0.1) is 24.1 Å². The number of carbonyl (C=O) groups is 1. The van der Waals surface area contributed by atoms with Gasteiger partial charge in [-0.1, -0.05) is 25.1 Å². The van der Waals surface area contributed by atoms with E-state index in [1.54, 1.807) is 17.0 Å². The van der Waals surface area contributed by atoms with Crippen molar-refractivity contribution in [2.24, 2.45) is 0 Å². The fourth-order valence-corrected chi connectivity index (χ4v) is 5.39. The third-order valence-electron chi connectivity index (χ3n) is 8.06. The summed E-state index contributed by atoms with van der Waals surface area (Å²) in [7, 11) is 0. The van der Waals surface area contributed by atoms with Crippen LogP contribution in [0.3, 0.4) is 0 Å². The molecule has 0 radical (unpaired) electrons. The van der Waals surface area contributed by atoms with Gasteiger partial charge >= 0.3 is 0 Å². The van der Waals surface area contributed by atoms with Crippen LogP contribution in [0, 0.1) is 0 Å². The van der Waals surface area contributed by atoms with E-state index in [0.717, 1.165) is 35.4 Å². The van der Waals surface area contributed by atoms with Crippen molar-refractivity contribution in [1.29, 1.82) is 0 Å². The van der Waals surface area contributed by atoms with Gasteiger partial charge in [-0.05, 0) is 67.3 Å². The van der Waals surface area contributed by atoms with E-state index in [0.29, 0.717) is 53.7 Å². The number of amides is 1. The highest BCUT2D eigenvalue weighted by Crippen LogP contribution is 2.37. The molecule has 0 unspecified atom stereocenters. The number of ether oxygens (including phenoxy) is 1. The maximum absolute atomic E-state index is 12.5. The average Bonchev–Trinajstić information content (AvgIpc) is 3.62. The summed E-state index contributed by atoms with van der Waals surface area (Å²) in [6, 6.07) is 17.5. The first-order valence-corrected chi connectivity index (χ1v) is 14.8. The van der Waals surface area contributed by atoms with E-state index in [4.69, 9.17) is 9.26 Å². The predicted octanol–water partition coefficient (Wildman–Crippen LogP) is 5.19. The molecule has 44 heavy (non-hydrogen) atoms. The molecule has 7 rings (SSSR count). The SMILES string of the molecule is CC(C)c1ccc(-c2ccc(Oc3cc(-c4nc([C@H]5CC(=O)N(C6CC6)C5)no4)ccc3Cn3ccncc3=O)cc2)nn1. The summed E-state index contributed by atoms with van der Waals surface area (Å²) in [5.41, 5.74) is 3.87. The van der Waals surface area contributed by atoms with E-state index in [2.05, 4.69) is 39.2 Å². The zero-order valence-corrected chi connectivity index (χ0v) is 24.5. The average molecular weight is 590 g/mol. The summed E-state index contributed by atoms with van der Waals surface area (Å²) in [6.07, 6.45) is 7.02. The molecule has 222 valence electrons. The van der Waals surface area contributed by atoms with Crippen LogP contribution in [-0.2, 0) is 11.3 Å². The zero-order chi connectivity index (χ0) is 30.2. The second-order valence-corrected chi connectivity index (χ2v) is 11.6. The van der Waals surface area contributed by atoms with Gasteiger partial charge in [0.1, 0.15) is 11.5 Å². The molecule has 1 saturated heterocycles. The lowest BCUT2D eigenvalue weighted by Gasteiger charge is -2.14. The van der Waals surface area contributed by atoms with E-state index in [1.807, 2.05) is 59.5 Å². The second kappa shape index (κ2) is 11.5. The molecule has 0 N–H and O–H groups in total. The van der Waals surface area contributed by atoms with E-state index in [9.17, 15) is 9.59 Å². The highest BCUT2D eigenvalue weighted by Gasteiger charge is 2.41. The van der Waals surface area contributed by atoms with Gasteiger partial charge in [0.25, 0.3) is 11.4 Å². The Balaban J connectivity index is 1.16. The quantitative estimate of drug-likeness (QED) is 0.228. The van der Waals surface area contributed by atoms with Crippen molar-refractivity contribution >= 4 is 5.91 Å². The molecule has 11 heteroatoms. The van der Waals surface area contributed by atoms with Crippen LogP contribution in [0.15, 0.2) is 82.5 Å². The van der Waals surface area contributed by atoms with Gasteiger partial charge in [0, 0.05) is 54.0 Å². The van der Waals surface area contributed by atoms with E-state index >= 15 is 0 Å². The van der Waals surface area contributed by atoms with Crippen LogP contribution < -0.4 is 10.3 Å². The van der Waals surface area contributed by atoms with Crippen LogP contribution in [-0.4, -0.2) is 53.3 Å². The number of carbonyl (C=O) groups excluding carboxylic acids is 1. The molecule has 1 saturated carbocycles. The summed E-state index contributed by atoms with van der Waals surface area (Å²) in [5, 5.41) is 12.9. The Hall–Kier alpha value is -5.19. The zero-order valence-electron chi connectivity index (χ0n) is 24.5. The van der Waals surface area contributed by atoms with Crippen LogP contribution in [0.5, 0.6) is 11.5 Å². The third kappa shape index (κ3) is 5.72. The van der Waals surface area contributed by atoms with Gasteiger partial charge in [-0.3, -0.25) is 14.6 Å². The van der Waals surface area contributed by atoms with Crippen LogP contribution >= 0.6 is 0 Å². The molecule has 3 aromatic heterocycles. The summed E-state index contributed by atoms with van der Waals surface area (Å²) >= 11 is 0. The number of benzene rings is 2. The Kier molecular flexibility index (Phi) is 7.21. The maximum Gasteiger partial charge on any atom is 0.269 e. The molecule has 1 aliphatic carbocycles. The molecule has 2 aromatic carbocycles. The summed E-state index contributed by atoms with van der Waals surface area (Å²) in [6.45, 7) is 5.08. The van der Waals surface area contributed by atoms with Crippen molar-refractivity contribution in [3.63, 3.8) is 0 Å². The van der Waals surface area contributed by atoms with Crippen LogP contribution in [0.1, 0.15) is 62.0 Å². The maximum atomic E-state index is 12.5. The van der Waals surface area contributed by atoms with Gasteiger partial charge in [-0.2, -0.15) is 15.2 Å². The summed E-state index contributed by atoms with van der Waals surface area (Å²) in [5.74, 6) is 2.40. The minimum absolute atomic E-state index is 0.0843. The van der Waals surface area contributed by atoms with E-state index < -0.39 is 0 Å². The summed E-state index contributed by atoms with van der Waals surface area (Å²) in [4.78, 5) is 35.4. The first-order chi connectivity index (χ1) is 21.4. The smallest absolute Gasteiger partial charge is 0.269 e. The predicted molar refractivity (Wildman–Crippen MR) is 161 cm³/mol. The Morgan fingerprint density at radius 2 is 1.82 bits per heavy atom. The third-order valence-corrected chi connectivity index (χ3v) is 8.06. The molecular weight excluding hydrogens is 558 g/mol. The molecule has 11 nitrogen and oxygen atoms in total. The molecule has 0 bridgehead atoms. The Labute approximate surface area is 253 Å². The number of aromatic nitrogens is 6. The van der Waals surface area contributed by atoms with Gasteiger partial charge in [-0.15, -0.1) is 0 Å². The topological polar surface area (TPSA) is 129 Å². The highest BCUT2D eigenvalue weighted by molar-refractivity contribution is 5.80. The van der Waals surface area contributed by atoms with Gasteiger partial charge in [-0.25, -0.2) is 0 Å². The number of nitrogens with zero attached hydrogens (tertiary/aromatic N) is 7. The molecule has 1 aliphatic heterocycles. The highest BCUT2D eigenvalue weighted by atomic mass is 16.5. The Bertz CT molecular complexity index is 1860. The minimum Gasteiger partial charge on any atom is -0.457 e. The van der Waals surface area contributed by atoms with Crippen LogP contribution in [0.2, 0.25) is 0 Å². The Morgan fingerprint density at radius 1 is 1.00 bits per heavy atom. The van der Waals surface area contributed by atoms with E-state index in [1.165, 1.54) is 6.20 Å². The molecule has 0 spiro atoms. The second-order valence-electron chi connectivity index (χ2n) is 11.6. The van der Waals surface area contributed by atoms with Crippen molar-refractivity contribution in [3.8, 4) is 34.2 Å². The van der Waals surface area contributed by atoms with Crippen molar-refractivity contribution in [2.75, 3.05) is 6.54 Å². The van der Waals surface area contributed by atoms with Crippen LogP contribution in [0.4, 0.5) is 0 Å². The van der Waals surface area contributed by atoms with E-state index in [-0.39, 0.29) is 23.9 Å². The normalized spacial score (nSPS) is 16.6. The first-order valence-electron chi connectivity index (χ1n) is 14.8. The van der Waals surface area contributed by atoms with Crippen molar-refractivity contribution in [3.05, 3.63) is 101 Å². The number of hydrogen-bond acceptors (Lipinski definition) is 9. The summed E-state index contributed by atoms with van der Waals surface area (Å²) < 4.78 is 13.6. The monoisotopic (exact) mass is 589 g/mol. The lowest BCUT2D eigenvalue weighted by atomic mass is 10.1. The number of hydrogen-bond donors (Lipinski definition) is 0. The minimum atomic E-state index is -0.218. The molecule has 5 aromatic rings. The first kappa shape index (κ1) is 27.6. The molecule has 2 aliphatic rings. The lowest BCUT2D eigenvalue weighted by molar-refractivity contribution is -0.128. The van der Waals surface area contributed by atoms with Gasteiger partial charge in [0.15, 0.2) is 5.82 Å². The molecule has 2 fully saturated rings. The standard InChI is InChI=1S/C33H31N7O4/c1-20(2)27-11-12-28(37-36-27)21-5-9-26(10-6-21)43-29-15-22(3-4-23(29)18-39-14-13-34-17-31(39)42)33-35-32(38-44-33)24-16-30(41)40(19-24)25-7-8-25/h3-6,9-15,17,20,24-25H,7-8,16,18-19H2,1-2H3/t24-/m0/s1. The number of likely N-dealkylation sites (tertiary alicyclic amines) is 1. The Morgan fingerprint density at radius 3 is 2.55 bits per heavy atom. The van der Waals surface area contributed by atoms with Gasteiger partial charge in [0.2, 0.25) is 5.91 Å².